The molecule has 0 atom stereocenters. The Bertz CT molecular complexity index is 488. The Morgan fingerprint density at radius 1 is 1.41 bits per heavy atom. The maximum Gasteiger partial charge on any atom is 0.243 e. The molecule has 1 aromatic carbocycles. The minimum atomic E-state index is -3.84. The molecule has 0 aliphatic carbocycles. The lowest BCUT2D eigenvalue weighted by Crippen LogP contribution is -2.31. The minimum Gasteiger partial charge on any atom is -0.399 e. The molecule has 0 saturated heterocycles. The molecule has 1 aromatic rings. The molecule has 0 saturated carbocycles. The van der Waals surface area contributed by atoms with E-state index in [0.29, 0.717) is 6.54 Å². The van der Waals surface area contributed by atoms with E-state index in [0.717, 1.165) is 12.1 Å². The van der Waals surface area contributed by atoms with E-state index in [1.54, 1.807) is 0 Å². The van der Waals surface area contributed by atoms with Crippen molar-refractivity contribution in [1.82, 2.24) is 9.62 Å². The van der Waals surface area contributed by atoms with Gasteiger partial charge in [-0.3, -0.25) is 0 Å². The Morgan fingerprint density at radius 2 is 2.06 bits per heavy atom. The second-order valence-corrected chi connectivity index (χ2v) is 5.63. The zero-order valence-electron chi connectivity index (χ0n) is 9.77. The van der Waals surface area contributed by atoms with Gasteiger partial charge in [-0.15, -0.1) is 0 Å². The number of sulfonamides is 1. The first-order valence-corrected chi connectivity index (χ1v) is 6.50. The number of hydrogen-bond donors (Lipinski definition) is 2. The Morgan fingerprint density at radius 3 is 2.65 bits per heavy atom. The summed E-state index contributed by atoms with van der Waals surface area (Å²) in [4.78, 5) is 1.40. The molecule has 0 unspecified atom stereocenters. The van der Waals surface area contributed by atoms with Gasteiger partial charge in [0.1, 0.15) is 10.7 Å². The molecule has 17 heavy (non-hydrogen) atoms. The van der Waals surface area contributed by atoms with E-state index in [2.05, 4.69) is 4.72 Å². The molecule has 0 aliphatic rings. The smallest absolute Gasteiger partial charge is 0.243 e. The highest BCUT2D eigenvalue weighted by atomic mass is 32.2. The first kappa shape index (κ1) is 13.9. The van der Waals surface area contributed by atoms with Crippen molar-refractivity contribution in [2.45, 2.75) is 4.90 Å². The summed E-state index contributed by atoms with van der Waals surface area (Å²) in [6.45, 7) is 0.743. The molecule has 7 heteroatoms. The van der Waals surface area contributed by atoms with Gasteiger partial charge in [-0.05, 0) is 32.3 Å². The summed E-state index contributed by atoms with van der Waals surface area (Å²) in [5.74, 6) is -0.809. The van der Waals surface area contributed by atoms with Crippen molar-refractivity contribution in [1.29, 1.82) is 0 Å². The molecule has 0 bridgehead atoms. The van der Waals surface area contributed by atoms with Crippen LogP contribution in [0.15, 0.2) is 23.1 Å². The van der Waals surface area contributed by atoms with Gasteiger partial charge in [0.2, 0.25) is 10.0 Å². The average molecular weight is 261 g/mol. The van der Waals surface area contributed by atoms with Crippen LogP contribution in [-0.4, -0.2) is 40.5 Å². The van der Waals surface area contributed by atoms with Crippen LogP contribution in [0, 0.1) is 5.82 Å². The molecule has 0 radical (unpaired) electrons. The highest BCUT2D eigenvalue weighted by molar-refractivity contribution is 7.89. The van der Waals surface area contributed by atoms with Crippen LogP contribution in [0.2, 0.25) is 0 Å². The van der Waals surface area contributed by atoms with E-state index in [1.807, 2.05) is 19.0 Å². The maximum atomic E-state index is 13.4. The lowest BCUT2D eigenvalue weighted by molar-refractivity contribution is 0.412. The molecule has 96 valence electrons. The molecule has 0 aromatic heterocycles. The first-order valence-electron chi connectivity index (χ1n) is 5.02. The fraction of sp³-hybridized carbons (Fsp3) is 0.400. The van der Waals surface area contributed by atoms with Gasteiger partial charge in [0, 0.05) is 18.8 Å². The molecular formula is C10H16FN3O2S. The lowest BCUT2D eigenvalue weighted by atomic mass is 10.3. The Kier molecular flexibility index (Phi) is 4.44. The van der Waals surface area contributed by atoms with E-state index in [4.69, 9.17) is 5.73 Å². The third-order valence-electron chi connectivity index (χ3n) is 2.10. The van der Waals surface area contributed by atoms with Crippen molar-refractivity contribution in [3.05, 3.63) is 24.0 Å². The number of anilines is 1. The summed E-state index contributed by atoms with van der Waals surface area (Å²) in [6.07, 6.45) is 0. The van der Waals surface area contributed by atoms with Crippen LogP contribution in [0.5, 0.6) is 0 Å². The fourth-order valence-corrected chi connectivity index (χ4v) is 2.34. The molecule has 5 nitrogen and oxygen atoms in total. The van der Waals surface area contributed by atoms with Crippen LogP contribution in [0.1, 0.15) is 0 Å². The van der Waals surface area contributed by atoms with Gasteiger partial charge in [-0.1, -0.05) is 0 Å². The van der Waals surface area contributed by atoms with Gasteiger partial charge >= 0.3 is 0 Å². The minimum absolute atomic E-state index is 0.208. The van der Waals surface area contributed by atoms with Crippen LogP contribution in [0.3, 0.4) is 0 Å². The predicted octanol–water partition coefficient (Wildman–Crippen LogP) is 0.248. The summed E-state index contributed by atoms with van der Waals surface area (Å²) in [7, 11) is -0.211. The van der Waals surface area contributed by atoms with Gasteiger partial charge in [0.25, 0.3) is 0 Å². The van der Waals surface area contributed by atoms with E-state index >= 15 is 0 Å². The summed E-state index contributed by atoms with van der Waals surface area (Å²) in [5, 5.41) is 0. The number of halogens is 1. The molecule has 0 aliphatic heterocycles. The number of nitrogens with zero attached hydrogens (tertiary/aromatic N) is 1. The monoisotopic (exact) mass is 261 g/mol. The van der Waals surface area contributed by atoms with Gasteiger partial charge < -0.3 is 10.6 Å². The van der Waals surface area contributed by atoms with Crippen molar-refractivity contribution in [2.75, 3.05) is 32.9 Å². The zero-order valence-corrected chi connectivity index (χ0v) is 10.6. The highest BCUT2D eigenvalue weighted by Gasteiger charge is 2.18. The largest absolute Gasteiger partial charge is 0.399 e. The molecule has 0 amide bonds. The Hall–Kier alpha value is -1.18. The van der Waals surface area contributed by atoms with Crippen molar-refractivity contribution < 1.29 is 12.8 Å². The van der Waals surface area contributed by atoms with Crippen molar-refractivity contribution in [2.24, 2.45) is 0 Å². The number of likely N-dealkylation sites (N-methyl/N-ethyl adjacent to an activating group) is 1. The standard InChI is InChI=1S/C10H16FN3O2S/c1-14(2)6-5-13-17(15,16)10-7-8(12)3-4-9(10)11/h3-4,7,13H,5-6,12H2,1-2H3. The van der Waals surface area contributed by atoms with E-state index < -0.39 is 20.7 Å². The summed E-state index contributed by atoms with van der Waals surface area (Å²) in [6, 6.07) is 3.46. The lowest BCUT2D eigenvalue weighted by Gasteiger charge is -2.11. The SMILES string of the molecule is CN(C)CCNS(=O)(=O)c1cc(N)ccc1F. The van der Waals surface area contributed by atoms with Crippen molar-refractivity contribution >= 4 is 15.7 Å². The summed E-state index contributed by atoms with van der Waals surface area (Å²) in [5.41, 5.74) is 5.64. The number of benzene rings is 1. The third-order valence-corrected chi connectivity index (χ3v) is 3.57. The molecule has 1 rings (SSSR count). The van der Waals surface area contributed by atoms with Crippen molar-refractivity contribution in [3.8, 4) is 0 Å². The number of nitrogens with one attached hydrogen (secondary N) is 1. The number of nitrogens with two attached hydrogens (primary N) is 1. The Balaban J connectivity index is 2.86. The normalized spacial score (nSPS) is 12.0. The molecule has 0 heterocycles. The first-order chi connectivity index (χ1) is 7.83. The van der Waals surface area contributed by atoms with Crippen molar-refractivity contribution in [3.63, 3.8) is 0 Å². The van der Waals surface area contributed by atoms with Gasteiger partial charge in [0.15, 0.2) is 0 Å². The van der Waals surface area contributed by atoms with Gasteiger partial charge in [-0.25, -0.2) is 17.5 Å². The van der Waals surface area contributed by atoms with Crippen LogP contribution >= 0.6 is 0 Å². The van der Waals surface area contributed by atoms with Crippen LogP contribution < -0.4 is 10.5 Å². The number of rotatable bonds is 5. The molecule has 0 fully saturated rings. The highest BCUT2D eigenvalue weighted by Crippen LogP contribution is 2.17. The van der Waals surface area contributed by atoms with E-state index in [9.17, 15) is 12.8 Å². The third kappa shape index (κ3) is 3.95. The van der Waals surface area contributed by atoms with Gasteiger partial charge in [-0.2, -0.15) is 0 Å². The van der Waals surface area contributed by atoms with E-state index in [1.165, 1.54) is 6.07 Å². The summed E-state index contributed by atoms with van der Waals surface area (Å²) < 4.78 is 39.2. The molecule has 3 N–H and O–H groups in total. The summed E-state index contributed by atoms with van der Waals surface area (Å²) >= 11 is 0. The quantitative estimate of drug-likeness (QED) is 0.745. The number of nitrogen functional groups attached to an aromatic ring is 1. The zero-order chi connectivity index (χ0) is 13.1. The van der Waals surface area contributed by atoms with Gasteiger partial charge in [0.05, 0.1) is 0 Å². The second-order valence-electron chi connectivity index (χ2n) is 3.89. The molecular weight excluding hydrogens is 245 g/mol. The average Bonchev–Trinajstić information content (AvgIpc) is 2.20. The predicted molar refractivity (Wildman–Crippen MR) is 64.6 cm³/mol. The van der Waals surface area contributed by atoms with Crippen LogP contribution in [0.4, 0.5) is 10.1 Å². The second kappa shape index (κ2) is 5.44. The molecule has 0 spiro atoms. The maximum absolute atomic E-state index is 13.4. The number of hydrogen-bond acceptors (Lipinski definition) is 4. The topological polar surface area (TPSA) is 75.4 Å². The van der Waals surface area contributed by atoms with E-state index in [-0.39, 0.29) is 12.2 Å². The fourth-order valence-electron chi connectivity index (χ4n) is 1.21. The van der Waals surface area contributed by atoms with Crippen LogP contribution in [0.25, 0.3) is 0 Å². The van der Waals surface area contributed by atoms with Crippen LogP contribution in [-0.2, 0) is 10.0 Å². The Labute approximate surface area is 100 Å².